The Balaban J connectivity index is 0.00000128. The molecule has 1 aliphatic rings. The van der Waals surface area contributed by atoms with Crippen LogP contribution in [0, 0.1) is 5.92 Å². The highest BCUT2D eigenvalue weighted by atomic mass is 35.5. The number of rotatable bonds is 3. The number of nitrogens with zero attached hydrogens (tertiary/aromatic N) is 1. The van der Waals surface area contributed by atoms with E-state index < -0.39 is 0 Å². The van der Waals surface area contributed by atoms with E-state index in [0.717, 1.165) is 31.3 Å². The van der Waals surface area contributed by atoms with Crippen molar-refractivity contribution >= 4 is 12.4 Å². The Morgan fingerprint density at radius 2 is 2.19 bits per heavy atom. The molecular weight excluding hydrogens is 224 g/mol. The number of hydrogen-bond donors (Lipinski definition) is 1. The van der Waals surface area contributed by atoms with Gasteiger partial charge in [-0.3, -0.25) is 4.90 Å². The van der Waals surface area contributed by atoms with Crippen molar-refractivity contribution in [3.8, 4) is 0 Å². The third kappa shape index (κ3) is 3.00. The number of hydrogen-bond acceptors (Lipinski definition) is 3. The van der Waals surface area contributed by atoms with Crippen LogP contribution in [0.15, 0.2) is 22.8 Å². The molecule has 2 rings (SSSR count). The molecule has 1 aromatic rings. The Labute approximate surface area is 103 Å². The van der Waals surface area contributed by atoms with E-state index in [0.29, 0.717) is 6.04 Å². The maximum absolute atomic E-state index is 5.68. The number of likely N-dealkylation sites (tertiary alicyclic amines) is 1. The van der Waals surface area contributed by atoms with E-state index in [4.69, 9.17) is 10.2 Å². The number of furan rings is 1. The molecule has 0 amide bonds. The molecule has 0 spiro atoms. The summed E-state index contributed by atoms with van der Waals surface area (Å²) in [5.41, 5.74) is 5.68. The lowest BCUT2D eigenvalue weighted by atomic mass is 9.96. The normalized spacial score (nSPS) is 20.4. The van der Waals surface area contributed by atoms with E-state index in [1.165, 1.54) is 12.8 Å². The van der Waals surface area contributed by atoms with E-state index in [9.17, 15) is 0 Å². The number of nitrogens with two attached hydrogens (primary N) is 1. The van der Waals surface area contributed by atoms with Crippen molar-refractivity contribution in [2.45, 2.75) is 25.8 Å². The first-order chi connectivity index (χ1) is 7.31. The summed E-state index contributed by atoms with van der Waals surface area (Å²) in [6.45, 7) is 5.33. The fourth-order valence-corrected chi connectivity index (χ4v) is 2.28. The molecule has 1 unspecified atom stereocenters. The van der Waals surface area contributed by atoms with Crippen LogP contribution in [0.4, 0.5) is 0 Å². The Bertz CT molecular complexity index is 281. The number of piperidine rings is 1. The van der Waals surface area contributed by atoms with Crippen LogP contribution in [0.25, 0.3) is 0 Å². The van der Waals surface area contributed by atoms with Crippen LogP contribution in [-0.4, -0.2) is 24.5 Å². The molecular formula is C12H21ClN2O. The smallest absolute Gasteiger partial charge is 0.120 e. The summed E-state index contributed by atoms with van der Waals surface area (Å²) in [6, 6.07) is 4.41. The predicted molar refractivity (Wildman–Crippen MR) is 67.7 cm³/mol. The van der Waals surface area contributed by atoms with Gasteiger partial charge in [-0.2, -0.15) is 0 Å². The van der Waals surface area contributed by atoms with Crippen LogP contribution in [0.3, 0.4) is 0 Å². The zero-order valence-electron chi connectivity index (χ0n) is 9.76. The highest BCUT2D eigenvalue weighted by Gasteiger charge is 2.23. The molecule has 1 aromatic heterocycles. The predicted octanol–water partition coefficient (Wildman–Crippen LogP) is 2.43. The van der Waals surface area contributed by atoms with Gasteiger partial charge in [0.15, 0.2) is 0 Å². The van der Waals surface area contributed by atoms with Gasteiger partial charge in [0.2, 0.25) is 0 Å². The summed E-state index contributed by atoms with van der Waals surface area (Å²) in [7, 11) is 0. The van der Waals surface area contributed by atoms with Crippen LogP contribution in [0.2, 0.25) is 0 Å². The molecule has 0 saturated carbocycles. The molecule has 0 radical (unpaired) electrons. The van der Waals surface area contributed by atoms with Gasteiger partial charge in [0.25, 0.3) is 0 Å². The largest absolute Gasteiger partial charge is 0.468 e. The molecule has 0 aliphatic carbocycles. The summed E-state index contributed by atoms with van der Waals surface area (Å²) >= 11 is 0. The second-order valence-electron chi connectivity index (χ2n) is 4.41. The van der Waals surface area contributed by atoms with Crippen molar-refractivity contribution in [2.24, 2.45) is 11.7 Å². The molecule has 1 aliphatic heterocycles. The van der Waals surface area contributed by atoms with Crippen LogP contribution in [0.5, 0.6) is 0 Å². The monoisotopic (exact) mass is 244 g/mol. The zero-order valence-corrected chi connectivity index (χ0v) is 10.6. The van der Waals surface area contributed by atoms with Crippen LogP contribution < -0.4 is 5.73 Å². The first kappa shape index (κ1) is 13.6. The van der Waals surface area contributed by atoms with Gasteiger partial charge in [0, 0.05) is 0 Å². The molecule has 0 aromatic carbocycles. The van der Waals surface area contributed by atoms with E-state index >= 15 is 0 Å². The number of halogens is 1. The molecule has 1 fully saturated rings. The third-order valence-corrected chi connectivity index (χ3v) is 3.49. The van der Waals surface area contributed by atoms with Gasteiger partial charge in [-0.05, 0) is 57.5 Å². The van der Waals surface area contributed by atoms with Crippen molar-refractivity contribution in [1.29, 1.82) is 0 Å². The summed E-state index contributed by atoms with van der Waals surface area (Å²) in [5.74, 6) is 1.80. The maximum atomic E-state index is 5.68. The average Bonchev–Trinajstić information content (AvgIpc) is 2.82. The van der Waals surface area contributed by atoms with Gasteiger partial charge in [0.1, 0.15) is 5.76 Å². The van der Waals surface area contributed by atoms with Crippen LogP contribution in [-0.2, 0) is 0 Å². The summed E-state index contributed by atoms with van der Waals surface area (Å²) < 4.78 is 5.44. The summed E-state index contributed by atoms with van der Waals surface area (Å²) in [4.78, 5) is 2.48. The second kappa shape index (κ2) is 6.28. The molecule has 92 valence electrons. The van der Waals surface area contributed by atoms with Crippen LogP contribution in [0.1, 0.15) is 31.6 Å². The van der Waals surface area contributed by atoms with Crippen molar-refractivity contribution in [3.05, 3.63) is 24.2 Å². The molecule has 2 N–H and O–H groups in total. The maximum Gasteiger partial charge on any atom is 0.120 e. The molecule has 3 nitrogen and oxygen atoms in total. The van der Waals surface area contributed by atoms with E-state index in [1.807, 2.05) is 6.07 Å². The Morgan fingerprint density at radius 1 is 1.50 bits per heavy atom. The van der Waals surface area contributed by atoms with Crippen molar-refractivity contribution in [2.75, 3.05) is 19.6 Å². The summed E-state index contributed by atoms with van der Waals surface area (Å²) in [6.07, 6.45) is 4.20. The average molecular weight is 245 g/mol. The molecule has 16 heavy (non-hydrogen) atoms. The standard InChI is InChI=1S/C12H20N2O.ClH/c1-10(12-3-2-8-15-12)14-6-4-11(9-13)5-7-14;/h2-3,8,10-11H,4-7,9,13H2,1H3;1H. The quantitative estimate of drug-likeness (QED) is 0.888. The zero-order chi connectivity index (χ0) is 10.7. The van der Waals surface area contributed by atoms with Crippen molar-refractivity contribution in [1.82, 2.24) is 4.90 Å². The molecule has 0 bridgehead atoms. The Morgan fingerprint density at radius 3 is 2.69 bits per heavy atom. The minimum absolute atomic E-state index is 0. The Hall–Kier alpha value is -0.510. The summed E-state index contributed by atoms with van der Waals surface area (Å²) in [5, 5.41) is 0. The van der Waals surface area contributed by atoms with Crippen molar-refractivity contribution in [3.63, 3.8) is 0 Å². The lowest BCUT2D eigenvalue weighted by Gasteiger charge is -2.34. The van der Waals surface area contributed by atoms with Crippen molar-refractivity contribution < 1.29 is 4.42 Å². The van der Waals surface area contributed by atoms with Gasteiger partial charge in [-0.25, -0.2) is 0 Å². The van der Waals surface area contributed by atoms with Gasteiger partial charge < -0.3 is 10.2 Å². The van der Waals surface area contributed by atoms with E-state index in [1.54, 1.807) is 6.26 Å². The SMILES string of the molecule is CC(c1ccco1)N1CCC(CN)CC1.Cl. The first-order valence-electron chi connectivity index (χ1n) is 5.78. The molecule has 4 heteroatoms. The van der Waals surface area contributed by atoms with Gasteiger partial charge in [-0.1, -0.05) is 0 Å². The fourth-order valence-electron chi connectivity index (χ4n) is 2.28. The lowest BCUT2D eigenvalue weighted by molar-refractivity contribution is 0.130. The highest BCUT2D eigenvalue weighted by molar-refractivity contribution is 5.85. The molecule has 1 saturated heterocycles. The van der Waals surface area contributed by atoms with Gasteiger partial charge in [-0.15, -0.1) is 12.4 Å². The van der Waals surface area contributed by atoms with E-state index in [2.05, 4.69) is 17.9 Å². The van der Waals surface area contributed by atoms with E-state index in [-0.39, 0.29) is 12.4 Å². The van der Waals surface area contributed by atoms with Gasteiger partial charge in [0.05, 0.1) is 12.3 Å². The minimum atomic E-state index is 0. The third-order valence-electron chi connectivity index (χ3n) is 3.49. The Kier molecular flexibility index (Phi) is 5.32. The highest BCUT2D eigenvalue weighted by Crippen LogP contribution is 2.26. The van der Waals surface area contributed by atoms with Crippen LogP contribution >= 0.6 is 12.4 Å². The topological polar surface area (TPSA) is 42.4 Å². The first-order valence-corrected chi connectivity index (χ1v) is 5.78. The molecule has 2 heterocycles. The molecule has 1 atom stereocenters. The second-order valence-corrected chi connectivity index (χ2v) is 4.41. The minimum Gasteiger partial charge on any atom is -0.468 e. The van der Waals surface area contributed by atoms with Gasteiger partial charge >= 0.3 is 0 Å². The lowest BCUT2D eigenvalue weighted by Crippen LogP contribution is -2.37. The fraction of sp³-hybridized carbons (Fsp3) is 0.667.